The number of amides is 1. The lowest BCUT2D eigenvalue weighted by atomic mass is 10.0. The Bertz CT molecular complexity index is 1060. The number of carbonyl (C=O) groups excluding carboxylic acids is 1. The topological polar surface area (TPSA) is 115 Å². The van der Waals surface area contributed by atoms with Gasteiger partial charge in [0.2, 0.25) is 0 Å². The molecule has 0 saturated carbocycles. The van der Waals surface area contributed by atoms with Gasteiger partial charge in [0, 0.05) is 23.6 Å². The fourth-order valence-corrected chi connectivity index (χ4v) is 3.16. The Hall–Kier alpha value is -3.08. The van der Waals surface area contributed by atoms with Crippen molar-refractivity contribution in [3.8, 4) is 11.3 Å². The van der Waals surface area contributed by atoms with Crippen molar-refractivity contribution in [2.24, 2.45) is 0 Å². The smallest absolute Gasteiger partial charge is 0.407 e. The van der Waals surface area contributed by atoms with E-state index in [0.29, 0.717) is 16.8 Å². The monoisotopic (exact) mass is 438 g/mol. The maximum atomic E-state index is 14.3. The molecule has 3 aromatic rings. The van der Waals surface area contributed by atoms with Crippen molar-refractivity contribution in [3.63, 3.8) is 0 Å². The highest BCUT2D eigenvalue weighted by atomic mass is 19.1. The van der Waals surface area contributed by atoms with Crippen molar-refractivity contribution in [2.75, 3.05) is 26.4 Å². The van der Waals surface area contributed by atoms with E-state index in [9.17, 15) is 33.3 Å². The minimum atomic E-state index is -1.65. The molecular formula is C21H21F3N2O5. The van der Waals surface area contributed by atoms with Gasteiger partial charge in [-0.15, -0.1) is 0 Å². The van der Waals surface area contributed by atoms with E-state index in [0.717, 1.165) is 12.1 Å². The number of fused-ring (bicyclic) bond motifs is 1. The molecule has 0 bridgehead atoms. The average Bonchev–Trinajstić information content (AvgIpc) is 3.11. The highest BCUT2D eigenvalue weighted by Crippen LogP contribution is 2.33. The van der Waals surface area contributed by atoms with Gasteiger partial charge >= 0.3 is 6.09 Å². The molecule has 0 fully saturated rings. The van der Waals surface area contributed by atoms with Crippen molar-refractivity contribution in [2.45, 2.75) is 12.0 Å². The van der Waals surface area contributed by atoms with Crippen LogP contribution in [0.3, 0.4) is 0 Å². The van der Waals surface area contributed by atoms with Crippen LogP contribution < -0.4 is 5.32 Å². The lowest BCUT2D eigenvalue weighted by Crippen LogP contribution is -2.57. The van der Waals surface area contributed by atoms with Crippen LogP contribution in [0.15, 0.2) is 36.4 Å². The van der Waals surface area contributed by atoms with Gasteiger partial charge in [-0.2, -0.15) is 0 Å². The van der Waals surface area contributed by atoms with Crippen LogP contribution in [0.4, 0.5) is 18.0 Å². The zero-order chi connectivity index (χ0) is 22.6. The number of aliphatic hydroxyl groups excluding tert-OH is 3. The number of H-pyrrole nitrogens is 1. The third kappa shape index (κ3) is 4.82. The molecule has 0 saturated heterocycles. The Balaban J connectivity index is 1.86. The second-order valence-electron chi connectivity index (χ2n) is 7.06. The molecule has 1 heterocycles. The predicted molar refractivity (Wildman–Crippen MR) is 106 cm³/mol. The van der Waals surface area contributed by atoms with E-state index in [1.165, 1.54) is 24.3 Å². The highest BCUT2D eigenvalue weighted by molar-refractivity contribution is 5.91. The molecule has 166 valence electrons. The van der Waals surface area contributed by atoms with E-state index >= 15 is 0 Å². The lowest BCUT2D eigenvalue weighted by molar-refractivity contribution is 0.0370. The van der Waals surface area contributed by atoms with Crippen LogP contribution in [0.5, 0.6) is 0 Å². The Labute approximate surface area is 175 Å². The zero-order valence-electron chi connectivity index (χ0n) is 16.3. The molecule has 1 aromatic heterocycles. The molecule has 0 aliphatic rings. The van der Waals surface area contributed by atoms with Gasteiger partial charge in [0.15, 0.2) is 0 Å². The average molecular weight is 438 g/mol. The number of hydrogen-bond donors (Lipinski definition) is 5. The van der Waals surface area contributed by atoms with Crippen LogP contribution in [-0.2, 0) is 11.2 Å². The summed E-state index contributed by atoms with van der Waals surface area (Å²) in [5.74, 6) is -2.05. The van der Waals surface area contributed by atoms with E-state index in [1.54, 1.807) is 0 Å². The first kappa shape index (κ1) is 22.6. The van der Waals surface area contributed by atoms with Crippen LogP contribution >= 0.6 is 0 Å². The molecule has 0 aliphatic heterocycles. The molecule has 0 spiro atoms. The summed E-state index contributed by atoms with van der Waals surface area (Å²) in [5, 5.41) is 30.2. The van der Waals surface area contributed by atoms with Gasteiger partial charge < -0.3 is 30.4 Å². The number of benzene rings is 2. The third-order valence-electron chi connectivity index (χ3n) is 4.93. The molecular weight excluding hydrogens is 417 g/mol. The number of nitrogens with one attached hydrogen (secondary N) is 2. The van der Waals surface area contributed by atoms with Gasteiger partial charge in [-0.1, -0.05) is 0 Å². The summed E-state index contributed by atoms with van der Waals surface area (Å²) in [6.45, 7) is -2.37. The summed E-state index contributed by atoms with van der Waals surface area (Å²) in [6, 6.07) is 7.28. The number of aliphatic hydroxyl groups is 3. The molecule has 0 unspecified atom stereocenters. The number of aromatic nitrogens is 1. The van der Waals surface area contributed by atoms with Crippen molar-refractivity contribution in [1.29, 1.82) is 0 Å². The van der Waals surface area contributed by atoms with Crippen molar-refractivity contribution >= 4 is 17.0 Å². The molecule has 0 atom stereocenters. The molecule has 1 amide bonds. The summed E-state index contributed by atoms with van der Waals surface area (Å²) >= 11 is 0. The summed E-state index contributed by atoms with van der Waals surface area (Å²) in [7, 11) is 0. The summed E-state index contributed by atoms with van der Waals surface area (Å²) in [4.78, 5) is 14.9. The normalized spacial score (nSPS) is 11.7. The minimum Gasteiger partial charge on any atom is -0.449 e. The first-order chi connectivity index (χ1) is 14.8. The molecule has 0 aliphatic carbocycles. The van der Waals surface area contributed by atoms with Crippen LogP contribution in [0.1, 0.15) is 5.56 Å². The van der Waals surface area contributed by atoms with Crippen LogP contribution in [0.25, 0.3) is 22.2 Å². The van der Waals surface area contributed by atoms with E-state index in [-0.39, 0.29) is 23.9 Å². The minimum absolute atomic E-state index is 0.0490. The van der Waals surface area contributed by atoms with Crippen molar-refractivity contribution in [3.05, 3.63) is 59.4 Å². The SMILES string of the molecule is O=C(NC(CO)(CO)CO)OCCc1c(-c2ccc(F)cc2)[nH]c2c(F)cc(F)cc12. The van der Waals surface area contributed by atoms with E-state index in [2.05, 4.69) is 10.3 Å². The second kappa shape index (κ2) is 9.38. The van der Waals surface area contributed by atoms with Gasteiger partial charge in [0.1, 0.15) is 23.0 Å². The lowest BCUT2D eigenvalue weighted by Gasteiger charge is -2.27. The van der Waals surface area contributed by atoms with Crippen LogP contribution in [0.2, 0.25) is 0 Å². The Kier molecular flexibility index (Phi) is 6.84. The Morgan fingerprint density at radius 3 is 2.26 bits per heavy atom. The largest absolute Gasteiger partial charge is 0.449 e. The second-order valence-corrected chi connectivity index (χ2v) is 7.06. The van der Waals surface area contributed by atoms with E-state index in [4.69, 9.17) is 4.74 Å². The van der Waals surface area contributed by atoms with Gasteiger partial charge in [-0.05, 0) is 41.5 Å². The standard InChI is InChI=1S/C21H21F3N2O5/c22-13-3-1-12(2-4-13)18-15(16-7-14(23)8-17(24)19(16)25-18)5-6-31-20(30)26-21(9-27,10-28)11-29/h1-4,7-8,25,27-29H,5-6,9-11H2,(H,26,30). The molecule has 7 nitrogen and oxygen atoms in total. The highest BCUT2D eigenvalue weighted by Gasteiger charge is 2.30. The number of rotatable bonds is 8. The van der Waals surface area contributed by atoms with Crippen molar-refractivity contribution < 1.29 is 38.0 Å². The predicted octanol–water partition coefficient (Wildman–Crippen LogP) is 2.24. The van der Waals surface area contributed by atoms with E-state index in [1.807, 2.05) is 0 Å². The van der Waals surface area contributed by atoms with Gasteiger partial charge in [0.25, 0.3) is 0 Å². The molecule has 10 heteroatoms. The Morgan fingerprint density at radius 2 is 1.65 bits per heavy atom. The van der Waals surface area contributed by atoms with Gasteiger partial charge in [-0.25, -0.2) is 18.0 Å². The third-order valence-corrected chi connectivity index (χ3v) is 4.93. The summed E-state index contributed by atoms with van der Waals surface area (Å²) in [5.41, 5.74) is -0.204. The molecule has 31 heavy (non-hydrogen) atoms. The fourth-order valence-electron chi connectivity index (χ4n) is 3.16. The number of carbonyl (C=O) groups is 1. The van der Waals surface area contributed by atoms with Crippen LogP contribution in [0, 0.1) is 17.5 Å². The number of aromatic amines is 1. The molecule has 0 radical (unpaired) electrons. The number of ether oxygens (including phenoxy) is 1. The van der Waals surface area contributed by atoms with Gasteiger partial charge in [0.05, 0.1) is 31.9 Å². The van der Waals surface area contributed by atoms with Crippen LogP contribution in [-0.4, -0.2) is 58.4 Å². The summed E-state index contributed by atoms with van der Waals surface area (Å²) in [6.07, 6.45) is -0.953. The molecule has 5 N–H and O–H groups in total. The number of halogens is 3. The Morgan fingerprint density at radius 1 is 1.00 bits per heavy atom. The first-order valence-corrected chi connectivity index (χ1v) is 9.35. The number of hydrogen-bond acceptors (Lipinski definition) is 5. The molecule has 3 rings (SSSR count). The first-order valence-electron chi connectivity index (χ1n) is 9.35. The number of alkyl carbamates (subject to hydrolysis) is 1. The molecule has 2 aromatic carbocycles. The zero-order valence-corrected chi connectivity index (χ0v) is 16.3. The summed E-state index contributed by atoms with van der Waals surface area (Å²) < 4.78 is 46.5. The van der Waals surface area contributed by atoms with E-state index < -0.39 is 48.9 Å². The van der Waals surface area contributed by atoms with Crippen molar-refractivity contribution in [1.82, 2.24) is 10.3 Å². The quantitative estimate of drug-likeness (QED) is 0.370. The maximum Gasteiger partial charge on any atom is 0.407 e. The fraction of sp³-hybridized carbons (Fsp3) is 0.286. The maximum absolute atomic E-state index is 14.3. The van der Waals surface area contributed by atoms with Gasteiger partial charge in [-0.3, -0.25) is 0 Å².